The van der Waals surface area contributed by atoms with Crippen molar-refractivity contribution in [2.45, 2.75) is 17.7 Å². The first kappa shape index (κ1) is 20.4. The maximum atomic E-state index is 12.7. The van der Waals surface area contributed by atoms with Crippen LogP contribution in [-0.2, 0) is 17.1 Å². The van der Waals surface area contributed by atoms with E-state index in [1.54, 1.807) is 13.1 Å². The van der Waals surface area contributed by atoms with E-state index in [2.05, 4.69) is 10.6 Å². The van der Waals surface area contributed by atoms with Gasteiger partial charge >= 0.3 is 0 Å². The summed E-state index contributed by atoms with van der Waals surface area (Å²) in [5.74, 6) is -0.866. The van der Waals surface area contributed by atoms with Crippen molar-refractivity contribution in [1.82, 2.24) is 14.2 Å². The second-order valence-corrected chi connectivity index (χ2v) is 8.86. The normalized spacial score (nSPS) is 14.8. The summed E-state index contributed by atoms with van der Waals surface area (Å²) in [5, 5.41) is 5.41. The zero-order valence-corrected chi connectivity index (χ0v) is 17.1. The predicted octanol–water partition coefficient (Wildman–Crippen LogP) is 2.07. The molecule has 2 heterocycles. The summed E-state index contributed by atoms with van der Waals surface area (Å²) < 4.78 is 28.3. The Morgan fingerprint density at radius 3 is 2.43 bits per heavy atom. The number of hydrogen-bond donors (Lipinski definition) is 2. The van der Waals surface area contributed by atoms with Crippen molar-refractivity contribution in [3.63, 3.8) is 0 Å². The summed E-state index contributed by atoms with van der Waals surface area (Å²) in [6, 6.07) is 5.90. The minimum absolute atomic E-state index is 0.0872. The van der Waals surface area contributed by atoms with Gasteiger partial charge in [-0.15, -0.1) is 0 Å². The van der Waals surface area contributed by atoms with Crippen molar-refractivity contribution in [2.75, 3.05) is 25.5 Å². The molecule has 0 radical (unpaired) electrons. The Kier molecular flexibility index (Phi) is 5.78. The molecule has 0 saturated carbocycles. The Balaban J connectivity index is 1.84. The first-order valence-corrected chi connectivity index (χ1v) is 10.6. The summed E-state index contributed by atoms with van der Waals surface area (Å²) in [5.41, 5.74) is 0.790. The molecule has 2 N–H and O–H groups in total. The molecule has 2 amide bonds. The molecule has 1 aromatic heterocycles. The smallest absolute Gasteiger partial charge is 0.272 e. The number of sulfonamides is 1. The zero-order valence-electron chi connectivity index (χ0n) is 15.5. The second kappa shape index (κ2) is 7.94. The Bertz CT molecular complexity index is 1030. The summed E-state index contributed by atoms with van der Waals surface area (Å²) in [6.45, 7) is 0.984. The molecule has 1 aliphatic heterocycles. The van der Waals surface area contributed by atoms with Crippen LogP contribution in [0.2, 0.25) is 5.02 Å². The van der Waals surface area contributed by atoms with Crippen molar-refractivity contribution in [3.8, 4) is 0 Å². The number of hydrogen-bond acceptors (Lipinski definition) is 4. The van der Waals surface area contributed by atoms with Crippen LogP contribution in [-0.4, -0.2) is 49.2 Å². The van der Waals surface area contributed by atoms with E-state index in [0.717, 1.165) is 12.8 Å². The van der Waals surface area contributed by atoms with Crippen LogP contribution in [0.4, 0.5) is 5.69 Å². The Labute approximate surface area is 168 Å². The van der Waals surface area contributed by atoms with E-state index < -0.39 is 15.9 Å². The Morgan fingerprint density at radius 2 is 1.79 bits per heavy atom. The van der Waals surface area contributed by atoms with Gasteiger partial charge in [0, 0.05) is 39.1 Å². The van der Waals surface area contributed by atoms with Crippen LogP contribution in [0.3, 0.4) is 0 Å². The van der Waals surface area contributed by atoms with Crippen molar-refractivity contribution < 1.29 is 18.0 Å². The Hall–Kier alpha value is -2.36. The van der Waals surface area contributed by atoms with Crippen LogP contribution in [0.15, 0.2) is 35.4 Å². The minimum Gasteiger partial charge on any atom is -0.355 e. The van der Waals surface area contributed by atoms with Crippen LogP contribution >= 0.6 is 11.6 Å². The average Bonchev–Trinajstić information content (AvgIpc) is 3.33. The second-order valence-electron chi connectivity index (χ2n) is 6.51. The monoisotopic (exact) mass is 424 g/mol. The van der Waals surface area contributed by atoms with Crippen molar-refractivity contribution in [1.29, 1.82) is 0 Å². The number of rotatable bonds is 5. The number of nitrogens with one attached hydrogen (secondary N) is 2. The SMILES string of the molecule is CNC(=O)c1cc(NC(=O)c2cc(S(=O)(=O)N3CCCC3)cn2C)ccc1Cl. The number of benzene rings is 1. The van der Waals surface area contributed by atoms with Gasteiger partial charge in [-0.2, -0.15) is 4.31 Å². The van der Waals surface area contributed by atoms with Crippen LogP contribution in [0.25, 0.3) is 0 Å². The van der Waals surface area contributed by atoms with Gasteiger partial charge in [0.25, 0.3) is 11.8 Å². The number of aromatic nitrogens is 1. The fourth-order valence-corrected chi connectivity index (χ4v) is 4.88. The quantitative estimate of drug-likeness (QED) is 0.767. The molecule has 3 rings (SSSR count). The number of nitrogens with zero attached hydrogens (tertiary/aromatic N) is 2. The molecular formula is C18H21ClN4O4S. The lowest BCUT2D eigenvalue weighted by Gasteiger charge is -2.13. The van der Waals surface area contributed by atoms with Gasteiger partial charge < -0.3 is 15.2 Å². The fraction of sp³-hybridized carbons (Fsp3) is 0.333. The molecule has 0 spiro atoms. The first-order valence-electron chi connectivity index (χ1n) is 8.73. The lowest BCUT2D eigenvalue weighted by atomic mass is 10.2. The molecule has 28 heavy (non-hydrogen) atoms. The number of anilines is 1. The highest BCUT2D eigenvalue weighted by atomic mass is 35.5. The summed E-state index contributed by atoms with van der Waals surface area (Å²) >= 11 is 6.02. The molecule has 0 unspecified atom stereocenters. The molecule has 0 aliphatic carbocycles. The highest BCUT2D eigenvalue weighted by Gasteiger charge is 2.29. The maximum absolute atomic E-state index is 12.7. The summed E-state index contributed by atoms with van der Waals surface area (Å²) in [7, 11) is -0.522. The average molecular weight is 425 g/mol. The third kappa shape index (κ3) is 3.91. The van der Waals surface area contributed by atoms with Crippen molar-refractivity contribution in [3.05, 3.63) is 46.7 Å². The van der Waals surface area contributed by atoms with Gasteiger partial charge in [-0.25, -0.2) is 8.42 Å². The summed E-state index contributed by atoms with van der Waals surface area (Å²) in [4.78, 5) is 24.6. The van der Waals surface area contributed by atoms with E-state index in [4.69, 9.17) is 11.6 Å². The topological polar surface area (TPSA) is 101 Å². The van der Waals surface area contributed by atoms with Gasteiger partial charge in [-0.3, -0.25) is 9.59 Å². The molecule has 0 atom stereocenters. The number of carbonyl (C=O) groups is 2. The zero-order chi connectivity index (χ0) is 20.5. The lowest BCUT2D eigenvalue weighted by Crippen LogP contribution is -2.27. The first-order chi connectivity index (χ1) is 13.2. The molecule has 0 bridgehead atoms. The number of aryl methyl sites for hydroxylation is 1. The molecule has 1 saturated heterocycles. The lowest BCUT2D eigenvalue weighted by molar-refractivity contribution is 0.0961. The number of amides is 2. The van der Waals surface area contributed by atoms with Gasteiger partial charge in [0.15, 0.2) is 0 Å². The van der Waals surface area contributed by atoms with Crippen LogP contribution in [0, 0.1) is 0 Å². The molecule has 1 fully saturated rings. The molecule has 2 aromatic rings. The van der Waals surface area contributed by atoms with Crippen molar-refractivity contribution >= 4 is 39.1 Å². The van der Waals surface area contributed by atoms with Gasteiger partial charge in [-0.1, -0.05) is 11.6 Å². The molecule has 1 aromatic carbocycles. The van der Waals surface area contributed by atoms with E-state index in [0.29, 0.717) is 18.8 Å². The highest BCUT2D eigenvalue weighted by Crippen LogP contribution is 2.24. The van der Waals surface area contributed by atoms with E-state index >= 15 is 0 Å². The van der Waals surface area contributed by atoms with Gasteiger partial charge in [0.1, 0.15) is 10.6 Å². The van der Waals surface area contributed by atoms with Crippen LogP contribution in [0.1, 0.15) is 33.7 Å². The standard InChI is InChI=1S/C18H21ClN4O4S/c1-20-17(24)14-9-12(5-6-15(14)19)21-18(25)16-10-13(11-22(16)2)28(26,27)23-7-3-4-8-23/h5-6,9-11H,3-4,7-8H2,1-2H3,(H,20,24)(H,21,25). The van der Waals surface area contributed by atoms with Crippen LogP contribution < -0.4 is 10.6 Å². The van der Waals surface area contributed by atoms with Crippen molar-refractivity contribution in [2.24, 2.45) is 7.05 Å². The third-order valence-electron chi connectivity index (χ3n) is 4.61. The molecule has 10 heteroatoms. The Morgan fingerprint density at radius 1 is 1.11 bits per heavy atom. The number of halogens is 1. The molecule has 1 aliphatic rings. The van der Waals surface area contributed by atoms with Gasteiger partial charge in [0.05, 0.1) is 10.6 Å². The van der Waals surface area contributed by atoms with E-state index in [1.165, 1.54) is 40.3 Å². The minimum atomic E-state index is -3.61. The third-order valence-corrected chi connectivity index (χ3v) is 6.80. The van der Waals surface area contributed by atoms with E-state index in [-0.39, 0.29) is 27.1 Å². The maximum Gasteiger partial charge on any atom is 0.272 e. The van der Waals surface area contributed by atoms with E-state index in [9.17, 15) is 18.0 Å². The highest BCUT2D eigenvalue weighted by molar-refractivity contribution is 7.89. The number of carbonyl (C=O) groups excluding carboxylic acids is 2. The predicted molar refractivity (Wildman–Crippen MR) is 106 cm³/mol. The molecule has 150 valence electrons. The fourth-order valence-electron chi connectivity index (χ4n) is 3.09. The largest absolute Gasteiger partial charge is 0.355 e. The van der Waals surface area contributed by atoms with E-state index in [1.807, 2.05) is 0 Å². The van der Waals surface area contributed by atoms with Crippen LogP contribution in [0.5, 0.6) is 0 Å². The van der Waals surface area contributed by atoms with Gasteiger partial charge in [0.2, 0.25) is 10.0 Å². The molecule has 8 nitrogen and oxygen atoms in total. The van der Waals surface area contributed by atoms with Gasteiger partial charge in [-0.05, 0) is 37.1 Å². The summed E-state index contributed by atoms with van der Waals surface area (Å²) in [6.07, 6.45) is 3.10. The molecular weight excluding hydrogens is 404 g/mol.